The Morgan fingerprint density at radius 3 is 2.04 bits per heavy atom. The maximum absolute atomic E-state index is 11.1. The fraction of sp³-hybridized carbons (Fsp3) is 0.850. The highest BCUT2D eigenvalue weighted by Gasteiger charge is 2.05. The Hall–Kier alpha value is -0.870. The van der Waals surface area contributed by atoms with Crippen LogP contribution in [-0.4, -0.2) is 37.0 Å². The second-order valence-corrected chi connectivity index (χ2v) is 6.62. The number of esters is 1. The molecule has 0 bridgehead atoms. The molecular weight excluding hydrogens is 304 g/mol. The molecule has 0 aliphatic carbocycles. The fourth-order valence-corrected chi connectivity index (χ4v) is 2.49. The summed E-state index contributed by atoms with van der Waals surface area (Å²) in [5.74, 6) is -0.399. The van der Waals surface area contributed by atoms with Crippen LogP contribution >= 0.6 is 0 Å². The van der Waals surface area contributed by atoms with Gasteiger partial charge in [0.2, 0.25) is 0 Å². The minimum Gasteiger partial charge on any atom is -0.460 e. The molecule has 0 radical (unpaired) electrons. The minimum atomic E-state index is -0.420. The summed E-state index contributed by atoms with van der Waals surface area (Å²) in [4.78, 5) is 11.1. The van der Waals surface area contributed by atoms with Gasteiger partial charge in [0, 0.05) is 5.57 Å². The normalized spacial score (nSPS) is 12.1. The van der Waals surface area contributed by atoms with Crippen LogP contribution in [0.1, 0.15) is 84.5 Å². The third-order valence-electron chi connectivity index (χ3n) is 4.01. The van der Waals surface area contributed by atoms with E-state index in [2.05, 4.69) is 13.5 Å². The predicted octanol–water partition coefficient (Wildman–Crippen LogP) is 4.79. The number of rotatable bonds is 17. The Labute approximate surface area is 148 Å². The van der Waals surface area contributed by atoms with Gasteiger partial charge in [0.15, 0.2) is 0 Å². The van der Waals surface area contributed by atoms with E-state index >= 15 is 0 Å². The molecule has 0 amide bonds. The molecule has 24 heavy (non-hydrogen) atoms. The van der Waals surface area contributed by atoms with Crippen LogP contribution in [0, 0.1) is 0 Å². The molecule has 0 aromatic carbocycles. The average molecular weight is 343 g/mol. The van der Waals surface area contributed by atoms with Crippen LogP contribution in [0.3, 0.4) is 0 Å². The molecule has 0 heterocycles. The summed E-state index contributed by atoms with van der Waals surface area (Å²) < 4.78 is 10.2. The summed E-state index contributed by atoms with van der Waals surface area (Å²) in [5.41, 5.74) is 0.385. The Morgan fingerprint density at radius 1 is 0.958 bits per heavy atom. The van der Waals surface area contributed by atoms with E-state index in [-0.39, 0.29) is 6.61 Å². The van der Waals surface area contributed by atoms with Gasteiger partial charge in [-0.15, -0.1) is 0 Å². The molecule has 0 saturated heterocycles. The first-order valence-corrected chi connectivity index (χ1v) is 9.66. The minimum absolute atomic E-state index is 0.205. The molecule has 0 aliphatic heterocycles. The van der Waals surface area contributed by atoms with Crippen molar-refractivity contribution in [3.8, 4) is 0 Å². The van der Waals surface area contributed by atoms with Gasteiger partial charge in [-0.2, -0.15) is 0 Å². The molecule has 0 spiro atoms. The van der Waals surface area contributed by atoms with E-state index in [0.717, 1.165) is 12.8 Å². The molecule has 0 rings (SSSR count). The topological polar surface area (TPSA) is 55.8 Å². The van der Waals surface area contributed by atoms with E-state index in [1.165, 1.54) is 57.8 Å². The van der Waals surface area contributed by atoms with Crippen LogP contribution in [0.15, 0.2) is 12.2 Å². The Kier molecular flexibility index (Phi) is 16.4. The van der Waals surface area contributed by atoms with E-state index in [1.54, 1.807) is 6.92 Å². The molecule has 0 aliphatic rings. The summed E-state index contributed by atoms with van der Waals surface area (Å²) >= 11 is 0. The molecular formula is C20H38O4. The zero-order valence-corrected chi connectivity index (χ0v) is 15.9. The van der Waals surface area contributed by atoms with Crippen LogP contribution in [0.2, 0.25) is 0 Å². The highest BCUT2D eigenvalue weighted by atomic mass is 16.6. The zero-order chi connectivity index (χ0) is 18.0. The van der Waals surface area contributed by atoms with E-state index in [9.17, 15) is 9.90 Å². The van der Waals surface area contributed by atoms with E-state index in [1.807, 2.05) is 0 Å². The quantitative estimate of drug-likeness (QED) is 0.234. The van der Waals surface area contributed by atoms with E-state index < -0.39 is 12.1 Å². The lowest BCUT2D eigenvalue weighted by atomic mass is 10.0. The third kappa shape index (κ3) is 16.0. The Bertz CT molecular complexity index is 315. The van der Waals surface area contributed by atoms with Gasteiger partial charge in [-0.1, -0.05) is 77.7 Å². The van der Waals surface area contributed by atoms with Crippen molar-refractivity contribution in [2.75, 3.05) is 19.8 Å². The first-order chi connectivity index (χ1) is 11.6. The lowest BCUT2D eigenvalue weighted by Crippen LogP contribution is -2.18. The van der Waals surface area contributed by atoms with Crippen molar-refractivity contribution in [3.63, 3.8) is 0 Å². The highest BCUT2D eigenvalue weighted by Crippen LogP contribution is 2.12. The zero-order valence-electron chi connectivity index (χ0n) is 15.9. The van der Waals surface area contributed by atoms with Gasteiger partial charge < -0.3 is 14.6 Å². The average Bonchev–Trinajstić information content (AvgIpc) is 2.55. The first-order valence-electron chi connectivity index (χ1n) is 9.66. The predicted molar refractivity (Wildman–Crippen MR) is 99.1 cm³/mol. The molecule has 0 aromatic rings. The van der Waals surface area contributed by atoms with Crippen LogP contribution in [-0.2, 0) is 14.3 Å². The van der Waals surface area contributed by atoms with E-state index in [0.29, 0.717) is 18.8 Å². The number of ether oxygens (including phenoxy) is 2. The third-order valence-corrected chi connectivity index (χ3v) is 4.01. The molecule has 1 atom stereocenters. The molecule has 0 saturated carbocycles. The standard InChI is InChI=1S/C20H38O4/c1-4-5-6-7-8-9-10-11-12-13-14-19(21)17-23-15-16-24-20(22)18(2)3/h19,21H,2,4-17H2,1,3H3. The van der Waals surface area contributed by atoms with Gasteiger partial charge in [-0.25, -0.2) is 4.79 Å². The highest BCUT2D eigenvalue weighted by molar-refractivity contribution is 5.86. The van der Waals surface area contributed by atoms with Gasteiger partial charge in [0.05, 0.1) is 19.3 Å². The smallest absolute Gasteiger partial charge is 0.333 e. The number of unbranched alkanes of at least 4 members (excludes halogenated alkanes) is 9. The van der Waals surface area contributed by atoms with Crippen molar-refractivity contribution in [1.29, 1.82) is 0 Å². The van der Waals surface area contributed by atoms with Crippen molar-refractivity contribution < 1.29 is 19.4 Å². The number of carbonyl (C=O) groups is 1. The van der Waals surface area contributed by atoms with Crippen LogP contribution in [0.25, 0.3) is 0 Å². The summed E-state index contributed by atoms with van der Waals surface area (Å²) in [7, 11) is 0. The van der Waals surface area contributed by atoms with Gasteiger partial charge in [0.25, 0.3) is 0 Å². The van der Waals surface area contributed by atoms with Crippen molar-refractivity contribution in [1.82, 2.24) is 0 Å². The molecule has 4 heteroatoms. The maximum Gasteiger partial charge on any atom is 0.333 e. The number of carbonyl (C=O) groups excluding carboxylic acids is 1. The van der Waals surface area contributed by atoms with Crippen molar-refractivity contribution in [3.05, 3.63) is 12.2 Å². The number of hydrogen-bond acceptors (Lipinski definition) is 4. The van der Waals surface area contributed by atoms with Gasteiger partial charge >= 0.3 is 5.97 Å². The van der Waals surface area contributed by atoms with Crippen LogP contribution in [0.5, 0.6) is 0 Å². The van der Waals surface area contributed by atoms with Crippen molar-refractivity contribution in [2.45, 2.75) is 90.6 Å². The van der Waals surface area contributed by atoms with Gasteiger partial charge in [0.1, 0.15) is 6.61 Å². The number of hydrogen-bond donors (Lipinski definition) is 1. The second-order valence-electron chi connectivity index (χ2n) is 6.62. The monoisotopic (exact) mass is 342 g/mol. The first kappa shape index (κ1) is 23.1. The fourth-order valence-electron chi connectivity index (χ4n) is 2.49. The molecule has 1 unspecified atom stereocenters. The van der Waals surface area contributed by atoms with Gasteiger partial charge in [-0.3, -0.25) is 0 Å². The molecule has 4 nitrogen and oxygen atoms in total. The summed E-state index contributed by atoms with van der Waals surface area (Å²) in [6.07, 6.45) is 13.3. The molecule has 0 fully saturated rings. The largest absolute Gasteiger partial charge is 0.460 e. The Balaban J connectivity index is 3.25. The van der Waals surface area contributed by atoms with Crippen LogP contribution < -0.4 is 0 Å². The molecule has 1 N–H and O–H groups in total. The number of aliphatic hydroxyl groups is 1. The number of aliphatic hydroxyl groups excluding tert-OH is 1. The van der Waals surface area contributed by atoms with Gasteiger partial charge in [-0.05, 0) is 13.3 Å². The van der Waals surface area contributed by atoms with Crippen molar-refractivity contribution in [2.24, 2.45) is 0 Å². The molecule has 0 aromatic heterocycles. The second kappa shape index (κ2) is 17.0. The lowest BCUT2D eigenvalue weighted by Gasteiger charge is -2.11. The summed E-state index contributed by atoms with van der Waals surface area (Å²) in [5, 5.41) is 9.82. The summed E-state index contributed by atoms with van der Waals surface area (Å²) in [6.45, 7) is 8.19. The van der Waals surface area contributed by atoms with Crippen molar-refractivity contribution >= 4 is 5.97 Å². The maximum atomic E-state index is 11.1. The SMILES string of the molecule is C=C(C)C(=O)OCCOCC(O)CCCCCCCCCCCC. The summed E-state index contributed by atoms with van der Waals surface area (Å²) in [6, 6.07) is 0. The Morgan fingerprint density at radius 2 is 1.50 bits per heavy atom. The molecule has 142 valence electrons. The lowest BCUT2D eigenvalue weighted by molar-refractivity contribution is -0.140. The van der Waals surface area contributed by atoms with E-state index in [4.69, 9.17) is 9.47 Å². The van der Waals surface area contributed by atoms with Crippen LogP contribution in [0.4, 0.5) is 0 Å².